The molecule has 3 aliphatic heterocycles. The second-order valence-corrected chi connectivity index (χ2v) is 7.63. The Bertz CT molecular complexity index is 471. The molecule has 0 N–H and O–H groups in total. The van der Waals surface area contributed by atoms with E-state index < -0.39 is 0 Å². The number of hydrogen-bond donors (Lipinski definition) is 0. The summed E-state index contributed by atoms with van der Waals surface area (Å²) in [5.41, 5.74) is 1.41. The van der Waals surface area contributed by atoms with Crippen LogP contribution >= 0.6 is 11.3 Å². The van der Waals surface area contributed by atoms with E-state index in [2.05, 4.69) is 26.6 Å². The third kappa shape index (κ3) is 3.04. The molecule has 4 rings (SSSR count). The molecule has 1 spiro atoms. The topological polar surface area (TPSA) is 24.9 Å². The van der Waals surface area contributed by atoms with Gasteiger partial charge < -0.3 is 14.4 Å². The third-order valence-electron chi connectivity index (χ3n) is 5.40. The zero-order chi connectivity index (χ0) is 14.8. The molecule has 0 saturated carbocycles. The molecule has 4 heterocycles. The van der Waals surface area contributed by atoms with Crippen molar-refractivity contribution in [3.05, 3.63) is 16.8 Å². The molecule has 0 aromatic carbocycles. The molecule has 0 unspecified atom stereocenters. The van der Waals surface area contributed by atoms with Gasteiger partial charge in [-0.2, -0.15) is 11.3 Å². The Morgan fingerprint density at radius 2 is 2.05 bits per heavy atom. The van der Waals surface area contributed by atoms with Crippen LogP contribution in [0.5, 0.6) is 0 Å². The fourth-order valence-electron chi connectivity index (χ4n) is 4.24. The van der Waals surface area contributed by atoms with Crippen molar-refractivity contribution >= 4 is 17.0 Å². The second-order valence-electron chi connectivity index (χ2n) is 6.85. The Labute approximate surface area is 137 Å². The molecule has 3 fully saturated rings. The molecule has 1 atom stereocenters. The molecule has 3 aliphatic rings. The number of nitrogens with zero attached hydrogens (tertiary/aromatic N) is 2. The summed E-state index contributed by atoms with van der Waals surface area (Å²) < 4.78 is 11.9. The zero-order valence-corrected chi connectivity index (χ0v) is 14.0. The number of thiophene rings is 1. The Hall–Kier alpha value is -0.620. The van der Waals surface area contributed by atoms with Crippen molar-refractivity contribution in [1.82, 2.24) is 4.90 Å². The van der Waals surface area contributed by atoms with E-state index in [1.54, 1.807) is 11.3 Å². The van der Waals surface area contributed by atoms with E-state index in [4.69, 9.17) is 9.47 Å². The van der Waals surface area contributed by atoms with Gasteiger partial charge in [-0.15, -0.1) is 0 Å². The smallest absolute Gasteiger partial charge is 0.0983 e. The predicted molar refractivity (Wildman–Crippen MR) is 89.9 cm³/mol. The Morgan fingerprint density at radius 3 is 2.86 bits per heavy atom. The first-order chi connectivity index (χ1) is 10.8. The summed E-state index contributed by atoms with van der Waals surface area (Å²) in [6.07, 6.45) is 4.81. The highest BCUT2D eigenvalue weighted by Crippen LogP contribution is 2.33. The van der Waals surface area contributed by atoms with Crippen LogP contribution < -0.4 is 4.90 Å². The summed E-state index contributed by atoms with van der Waals surface area (Å²) in [5, 5.41) is 4.44. The largest absolute Gasteiger partial charge is 0.381 e. The van der Waals surface area contributed by atoms with Crippen molar-refractivity contribution in [2.24, 2.45) is 0 Å². The lowest BCUT2D eigenvalue weighted by Crippen LogP contribution is -2.61. The number of morpholine rings is 1. The second kappa shape index (κ2) is 6.48. The van der Waals surface area contributed by atoms with E-state index in [-0.39, 0.29) is 5.60 Å². The number of piperidine rings is 1. The van der Waals surface area contributed by atoms with Gasteiger partial charge in [0.25, 0.3) is 0 Å². The molecule has 122 valence electrons. The van der Waals surface area contributed by atoms with Gasteiger partial charge in [0.15, 0.2) is 0 Å². The third-order valence-corrected chi connectivity index (χ3v) is 6.07. The lowest BCUT2D eigenvalue weighted by Gasteiger charge is -2.50. The molecule has 4 nitrogen and oxygen atoms in total. The van der Waals surface area contributed by atoms with Gasteiger partial charge in [-0.1, -0.05) is 0 Å². The number of ether oxygens (including phenoxy) is 2. The summed E-state index contributed by atoms with van der Waals surface area (Å²) in [6, 6.07) is 2.94. The van der Waals surface area contributed by atoms with Crippen LogP contribution in [0.25, 0.3) is 0 Å². The first-order valence-electron chi connectivity index (χ1n) is 8.58. The molecule has 0 bridgehead atoms. The summed E-state index contributed by atoms with van der Waals surface area (Å²) in [7, 11) is 0. The highest BCUT2D eigenvalue weighted by atomic mass is 32.1. The SMILES string of the molecule is c1cc(N2CCC[C@]3(C2)CN(C2CCOCC2)CCO3)cs1. The number of rotatable bonds is 2. The molecule has 5 heteroatoms. The molecule has 0 radical (unpaired) electrons. The van der Waals surface area contributed by atoms with E-state index in [1.807, 2.05) is 0 Å². The van der Waals surface area contributed by atoms with Crippen molar-refractivity contribution in [2.45, 2.75) is 37.3 Å². The van der Waals surface area contributed by atoms with Crippen LogP contribution in [0.2, 0.25) is 0 Å². The van der Waals surface area contributed by atoms with Crippen LogP contribution in [-0.2, 0) is 9.47 Å². The van der Waals surface area contributed by atoms with E-state index in [0.717, 1.165) is 39.5 Å². The molecule has 0 amide bonds. The maximum atomic E-state index is 6.34. The van der Waals surface area contributed by atoms with Gasteiger partial charge in [-0.3, -0.25) is 4.90 Å². The molecule has 1 aromatic heterocycles. The van der Waals surface area contributed by atoms with E-state index in [9.17, 15) is 0 Å². The fourth-order valence-corrected chi connectivity index (χ4v) is 4.90. The van der Waals surface area contributed by atoms with Gasteiger partial charge >= 0.3 is 0 Å². The predicted octanol–water partition coefficient (Wildman–Crippen LogP) is 2.60. The van der Waals surface area contributed by atoms with Crippen LogP contribution in [0, 0.1) is 0 Å². The Kier molecular flexibility index (Phi) is 4.40. The average Bonchev–Trinajstić information content (AvgIpc) is 3.10. The summed E-state index contributed by atoms with van der Waals surface area (Å²) in [5.74, 6) is 0. The maximum Gasteiger partial charge on any atom is 0.0983 e. The van der Waals surface area contributed by atoms with Gasteiger partial charge in [-0.05, 0) is 37.1 Å². The summed E-state index contributed by atoms with van der Waals surface area (Å²) >= 11 is 1.78. The molecule has 0 aliphatic carbocycles. The average molecular weight is 322 g/mol. The molecule has 3 saturated heterocycles. The molecular formula is C17H26N2O2S. The first-order valence-corrected chi connectivity index (χ1v) is 9.52. The minimum atomic E-state index is 0.0384. The van der Waals surface area contributed by atoms with Crippen LogP contribution in [0.4, 0.5) is 5.69 Å². The van der Waals surface area contributed by atoms with E-state index >= 15 is 0 Å². The van der Waals surface area contributed by atoms with Gasteiger partial charge in [-0.25, -0.2) is 0 Å². The molecule has 1 aromatic rings. The fraction of sp³-hybridized carbons (Fsp3) is 0.765. The quantitative estimate of drug-likeness (QED) is 0.835. The van der Waals surface area contributed by atoms with Gasteiger partial charge in [0.05, 0.1) is 12.2 Å². The Balaban J connectivity index is 1.45. The van der Waals surface area contributed by atoms with Gasteiger partial charge in [0.2, 0.25) is 0 Å². The summed E-state index contributed by atoms with van der Waals surface area (Å²) in [4.78, 5) is 5.20. The van der Waals surface area contributed by atoms with Crippen molar-refractivity contribution in [3.63, 3.8) is 0 Å². The Morgan fingerprint density at radius 1 is 1.14 bits per heavy atom. The van der Waals surface area contributed by atoms with Gasteiger partial charge in [0.1, 0.15) is 0 Å². The minimum Gasteiger partial charge on any atom is -0.381 e. The zero-order valence-electron chi connectivity index (χ0n) is 13.2. The van der Waals surface area contributed by atoms with Crippen molar-refractivity contribution < 1.29 is 9.47 Å². The highest BCUT2D eigenvalue weighted by molar-refractivity contribution is 7.08. The normalized spacial score (nSPS) is 31.7. The van der Waals surface area contributed by atoms with Crippen LogP contribution in [0.3, 0.4) is 0 Å². The summed E-state index contributed by atoms with van der Waals surface area (Å²) in [6.45, 7) is 7.13. The van der Waals surface area contributed by atoms with Crippen molar-refractivity contribution in [3.8, 4) is 0 Å². The van der Waals surface area contributed by atoms with Crippen molar-refractivity contribution in [2.75, 3.05) is 50.9 Å². The van der Waals surface area contributed by atoms with Crippen LogP contribution in [0.1, 0.15) is 25.7 Å². The highest BCUT2D eigenvalue weighted by Gasteiger charge is 2.42. The first kappa shape index (κ1) is 14.9. The van der Waals surface area contributed by atoms with Crippen LogP contribution in [-0.4, -0.2) is 62.5 Å². The van der Waals surface area contributed by atoms with Gasteiger partial charge in [0, 0.05) is 56.5 Å². The van der Waals surface area contributed by atoms with E-state index in [1.165, 1.54) is 37.9 Å². The number of hydrogen-bond acceptors (Lipinski definition) is 5. The molecule has 22 heavy (non-hydrogen) atoms. The number of anilines is 1. The van der Waals surface area contributed by atoms with E-state index in [0.29, 0.717) is 6.04 Å². The molecular weight excluding hydrogens is 296 g/mol. The van der Waals surface area contributed by atoms with Crippen LogP contribution in [0.15, 0.2) is 16.8 Å². The maximum absolute atomic E-state index is 6.34. The monoisotopic (exact) mass is 322 g/mol. The minimum absolute atomic E-state index is 0.0384. The lowest BCUT2D eigenvalue weighted by atomic mass is 9.89. The lowest BCUT2D eigenvalue weighted by molar-refractivity contribution is -0.130. The standard InChI is InChI=1S/C17H26N2O2S/c1-5-17(13-18(6-1)16-4-11-22-12-16)14-19(7-10-21-17)15-2-8-20-9-3-15/h4,11-12,15H,1-3,5-10,13-14H2/t17-/m0/s1. The van der Waals surface area contributed by atoms with Crippen molar-refractivity contribution in [1.29, 1.82) is 0 Å².